The molecule has 0 aromatic carbocycles. The van der Waals surface area contributed by atoms with E-state index in [1.807, 2.05) is 0 Å². The first-order valence-electron chi connectivity index (χ1n) is 5.95. The summed E-state index contributed by atoms with van der Waals surface area (Å²) in [5.41, 5.74) is -0.538. The van der Waals surface area contributed by atoms with E-state index in [0.717, 1.165) is 25.5 Å². The van der Waals surface area contributed by atoms with Gasteiger partial charge < -0.3 is 9.69 Å². The van der Waals surface area contributed by atoms with Crippen LogP contribution in [0.4, 0.5) is 11.5 Å². The number of aromatic nitrogens is 1. The molecule has 98 valence electrons. The maximum absolute atomic E-state index is 11.0. The summed E-state index contributed by atoms with van der Waals surface area (Å²) in [5, 5.41) is 19.6. The second kappa shape index (κ2) is 5.44. The van der Waals surface area contributed by atoms with Crippen LogP contribution in [0.3, 0.4) is 0 Å². The number of nitrogens with zero attached hydrogens (tertiary/aromatic N) is 4. The van der Waals surface area contributed by atoms with Crippen molar-refractivity contribution in [2.75, 3.05) is 11.4 Å². The molecule has 1 fully saturated rings. The van der Waals surface area contributed by atoms with Crippen molar-refractivity contribution in [3.05, 3.63) is 27.9 Å². The van der Waals surface area contributed by atoms with Gasteiger partial charge in [-0.15, -0.1) is 0 Å². The zero-order chi connectivity index (χ0) is 13.8. The summed E-state index contributed by atoms with van der Waals surface area (Å²) in [7, 11) is 0. The van der Waals surface area contributed by atoms with Gasteiger partial charge in [-0.1, -0.05) is 0 Å². The lowest BCUT2D eigenvalue weighted by atomic mass is 10.0. The van der Waals surface area contributed by atoms with Gasteiger partial charge in [0.25, 0.3) is 0 Å². The minimum absolute atomic E-state index is 0.224. The average molecular weight is 260 g/mol. The molecule has 0 aliphatic carbocycles. The molecule has 1 atom stereocenters. The summed E-state index contributed by atoms with van der Waals surface area (Å²) in [4.78, 5) is 26.9. The predicted octanol–water partition coefficient (Wildman–Crippen LogP) is 1.42. The normalized spacial score (nSPS) is 18.7. The maximum atomic E-state index is 11.0. The van der Waals surface area contributed by atoms with Crippen LogP contribution in [0.1, 0.15) is 25.0 Å². The molecule has 0 spiro atoms. The molecule has 0 N–H and O–H groups in total. The molecule has 19 heavy (non-hydrogen) atoms. The van der Waals surface area contributed by atoms with Gasteiger partial charge in [-0.2, -0.15) is 5.26 Å². The van der Waals surface area contributed by atoms with Crippen molar-refractivity contribution in [3.8, 4) is 6.07 Å². The first-order valence-corrected chi connectivity index (χ1v) is 5.95. The molecule has 1 unspecified atom stereocenters. The second-order valence-electron chi connectivity index (χ2n) is 4.30. The molecule has 7 nitrogen and oxygen atoms in total. The number of hydrogen-bond donors (Lipinski definition) is 0. The number of pyridine rings is 1. The predicted molar refractivity (Wildman–Crippen MR) is 66.7 cm³/mol. The van der Waals surface area contributed by atoms with Crippen LogP contribution >= 0.6 is 0 Å². The number of hydrogen-bond acceptors (Lipinski definition) is 6. The van der Waals surface area contributed by atoms with E-state index in [9.17, 15) is 14.9 Å². The van der Waals surface area contributed by atoms with Crippen LogP contribution in [0, 0.1) is 21.4 Å². The van der Waals surface area contributed by atoms with Crippen LogP contribution in [-0.2, 0) is 4.79 Å². The standard InChI is InChI=1S/C12H12N4O3/c13-7-10-11(16(18)19)4-5-12(14-10)15-6-2-1-3-9(15)8-17/h4-5,8-9H,1-3,6H2. The van der Waals surface area contributed by atoms with E-state index in [0.29, 0.717) is 12.4 Å². The van der Waals surface area contributed by atoms with Gasteiger partial charge in [0, 0.05) is 12.6 Å². The van der Waals surface area contributed by atoms with Gasteiger partial charge in [0.15, 0.2) is 0 Å². The Kier molecular flexibility index (Phi) is 3.71. The summed E-state index contributed by atoms with van der Waals surface area (Å²) in [5.74, 6) is 0.443. The van der Waals surface area contributed by atoms with Crippen molar-refractivity contribution in [1.82, 2.24) is 4.98 Å². The zero-order valence-corrected chi connectivity index (χ0v) is 10.2. The lowest BCUT2D eigenvalue weighted by Gasteiger charge is -2.33. The van der Waals surface area contributed by atoms with Crippen LogP contribution in [-0.4, -0.2) is 28.8 Å². The van der Waals surface area contributed by atoms with Crippen molar-refractivity contribution in [2.45, 2.75) is 25.3 Å². The SMILES string of the molecule is N#Cc1nc(N2CCCCC2C=O)ccc1[N+](=O)[O-]. The highest BCUT2D eigenvalue weighted by molar-refractivity contribution is 5.66. The minimum atomic E-state index is -0.636. The van der Waals surface area contributed by atoms with Crippen LogP contribution < -0.4 is 4.90 Å². The number of carbonyl (C=O) groups excluding carboxylic acids is 1. The number of piperidine rings is 1. The fourth-order valence-corrected chi connectivity index (χ4v) is 2.21. The van der Waals surface area contributed by atoms with Gasteiger partial charge in [-0.25, -0.2) is 4.98 Å². The highest BCUT2D eigenvalue weighted by atomic mass is 16.6. The van der Waals surface area contributed by atoms with E-state index < -0.39 is 4.92 Å². The maximum Gasteiger partial charge on any atom is 0.305 e. The highest BCUT2D eigenvalue weighted by Crippen LogP contribution is 2.25. The molecule has 1 aromatic heterocycles. The summed E-state index contributed by atoms with van der Waals surface area (Å²) in [6, 6.07) is 4.20. The molecule has 0 saturated carbocycles. The van der Waals surface area contributed by atoms with E-state index in [2.05, 4.69) is 4.98 Å². The number of nitriles is 1. The van der Waals surface area contributed by atoms with Gasteiger partial charge in [-0.3, -0.25) is 10.1 Å². The Balaban J connectivity index is 2.37. The molecule has 2 heterocycles. The number of anilines is 1. The van der Waals surface area contributed by atoms with Gasteiger partial charge in [-0.05, 0) is 25.3 Å². The van der Waals surface area contributed by atoms with Crippen molar-refractivity contribution >= 4 is 17.8 Å². The Morgan fingerprint density at radius 2 is 2.32 bits per heavy atom. The first kappa shape index (κ1) is 13.0. The number of carbonyl (C=O) groups is 1. The van der Waals surface area contributed by atoms with Crippen LogP contribution in [0.5, 0.6) is 0 Å². The first-order chi connectivity index (χ1) is 9.17. The molecule has 0 radical (unpaired) electrons. The average Bonchev–Trinajstić information content (AvgIpc) is 2.46. The Labute approximate surface area is 109 Å². The lowest BCUT2D eigenvalue weighted by Crippen LogP contribution is -2.41. The second-order valence-corrected chi connectivity index (χ2v) is 4.30. The van der Waals surface area contributed by atoms with Gasteiger partial charge in [0.05, 0.1) is 11.0 Å². The molecule has 0 amide bonds. The number of nitro groups is 1. The van der Waals surface area contributed by atoms with Crippen molar-refractivity contribution in [3.63, 3.8) is 0 Å². The van der Waals surface area contributed by atoms with Crippen molar-refractivity contribution < 1.29 is 9.72 Å². The van der Waals surface area contributed by atoms with Crippen molar-refractivity contribution in [1.29, 1.82) is 5.26 Å². The fourth-order valence-electron chi connectivity index (χ4n) is 2.21. The fraction of sp³-hybridized carbons (Fsp3) is 0.417. The Morgan fingerprint density at radius 1 is 1.53 bits per heavy atom. The van der Waals surface area contributed by atoms with Gasteiger partial charge in [0.2, 0.25) is 5.69 Å². The van der Waals surface area contributed by atoms with Gasteiger partial charge in [0.1, 0.15) is 18.2 Å². The topological polar surface area (TPSA) is 100 Å². The monoisotopic (exact) mass is 260 g/mol. The zero-order valence-electron chi connectivity index (χ0n) is 10.2. The molecule has 1 saturated heterocycles. The summed E-state index contributed by atoms with van der Waals surface area (Å²) < 4.78 is 0. The third-order valence-corrected chi connectivity index (χ3v) is 3.16. The molecule has 7 heteroatoms. The molecule has 1 aliphatic rings. The summed E-state index contributed by atoms with van der Waals surface area (Å²) >= 11 is 0. The van der Waals surface area contributed by atoms with E-state index in [1.165, 1.54) is 12.1 Å². The Morgan fingerprint density at radius 3 is 2.95 bits per heavy atom. The molecular weight excluding hydrogens is 248 g/mol. The van der Waals surface area contributed by atoms with E-state index >= 15 is 0 Å². The lowest BCUT2D eigenvalue weighted by molar-refractivity contribution is -0.385. The number of rotatable bonds is 3. The quantitative estimate of drug-likeness (QED) is 0.463. The van der Waals surface area contributed by atoms with Crippen LogP contribution in [0.15, 0.2) is 12.1 Å². The Bertz CT molecular complexity index is 552. The largest absolute Gasteiger partial charge is 0.347 e. The summed E-state index contributed by atoms with van der Waals surface area (Å²) in [6.45, 7) is 0.666. The molecule has 1 aliphatic heterocycles. The Hall–Kier alpha value is -2.49. The van der Waals surface area contributed by atoms with Crippen LogP contribution in [0.25, 0.3) is 0 Å². The minimum Gasteiger partial charge on any atom is -0.347 e. The van der Waals surface area contributed by atoms with Crippen LogP contribution in [0.2, 0.25) is 0 Å². The van der Waals surface area contributed by atoms with Gasteiger partial charge >= 0.3 is 5.69 Å². The van der Waals surface area contributed by atoms with Crippen molar-refractivity contribution in [2.24, 2.45) is 0 Å². The third-order valence-electron chi connectivity index (χ3n) is 3.16. The number of aldehydes is 1. The van der Waals surface area contributed by atoms with E-state index in [1.54, 1.807) is 11.0 Å². The smallest absolute Gasteiger partial charge is 0.305 e. The molecular formula is C12H12N4O3. The third kappa shape index (κ3) is 2.52. The molecule has 2 rings (SSSR count). The molecule has 0 bridgehead atoms. The van der Waals surface area contributed by atoms with E-state index in [4.69, 9.17) is 5.26 Å². The van der Waals surface area contributed by atoms with E-state index in [-0.39, 0.29) is 17.4 Å². The molecule has 1 aromatic rings. The summed E-state index contributed by atoms with van der Waals surface area (Å²) in [6.07, 6.45) is 3.50. The highest BCUT2D eigenvalue weighted by Gasteiger charge is 2.25.